The highest BCUT2D eigenvalue weighted by atomic mass is 35.5. The first-order chi connectivity index (χ1) is 8.65. The topological polar surface area (TPSA) is 67.4 Å². The van der Waals surface area contributed by atoms with Gasteiger partial charge in [-0.2, -0.15) is 0 Å². The van der Waals surface area contributed by atoms with Crippen molar-refractivity contribution in [1.29, 1.82) is 0 Å². The molecule has 1 unspecified atom stereocenters. The van der Waals surface area contributed by atoms with Crippen molar-refractivity contribution in [3.63, 3.8) is 0 Å². The molecule has 0 bridgehead atoms. The Hall–Kier alpha value is -1.59. The minimum atomic E-state index is -0.769. The maximum Gasteiger partial charge on any atom is 0.419 e. The number of carbonyl (C=O) groups is 2. The Morgan fingerprint density at radius 3 is 2.67 bits per heavy atom. The van der Waals surface area contributed by atoms with E-state index in [1.807, 2.05) is 0 Å². The van der Waals surface area contributed by atoms with Crippen LogP contribution in [-0.2, 0) is 9.53 Å². The van der Waals surface area contributed by atoms with Crippen molar-refractivity contribution in [2.24, 2.45) is 5.92 Å². The Morgan fingerprint density at radius 2 is 2.06 bits per heavy atom. The molecule has 2 rings (SSSR count). The summed E-state index contributed by atoms with van der Waals surface area (Å²) < 4.78 is 4.71. The Kier molecular flexibility index (Phi) is 4.17. The van der Waals surface area contributed by atoms with Crippen LogP contribution >= 0.6 is 11.6 Å². The lowest BCUT2D eigenvalue weighted by Crippen LogP contribution is -2.25. The van der Waals surface area contributed by atoms with Crippen molar-refractivity contribution in [2.75, 3.05) is 18.4 Å². The minimum absolute atomic E-state index is 0.235. The van der Waals surface area contributed by atoms with Crippen molar-refractivity contribution < 1.29 is 14.3 Å². The highest BCUT2D eigenvalue weighted by molar-refractivity contribution is 6.30. The monoisotopic (exact) mass is 268 g/mol. The van der Waals surface area contributed by atoms with Gasteiger partial charge in [0.1, 0.15) is 0 Å². The van der Waals surface area contributed by atoms with Crippen molar-refractivity contribution in [3.8, 4) is 0 Å². The SMILES string of the molecule is O=C(Nc1ccc(Cl)cc1)OC(=O)C1CCNC1. The number of hydrogen-bond acceptors (Lipinski definition) is 4. The fourth-order valence-corrected chi connectivity index (χ4v) is 1.83. The summed E-state index contributed by atoms with van der Waals surface area (Å²) in [7, 11) is 0. The van der Waals surface area contributed by atoms with E-state index in [-0.39, 0.29) is 5.92 Å². The van der Waals surface area contributed by atoms with E-state index < -0.39 is 12.1 Å². The summed E-state index contributed by atoms with van der Waals surface area (Å²) in [5.41, 5.74) is 0.529. The molecule has 0 aliphatic carbocycles. The van der Waals surface area contributed by atoms with Gasteiger partial charge >= 0.3 is 12.1 Å². The van der Waals surface area contributed by atoms with E-state index in [0.717, 1.165) is 6.54 Å². The number of nitrogens with one attached hydrogen (secondary N) is 2. The van der Waals surface area contributed by atoms with E-state index in [4.69, 9.17) is 16.3 Å². The molecule has 5 nitrogen and oxygen atoms in total. The molecule has 1 amide bonds. The molecule has 18 heavy (non-hydrogen) atoms. The van der Waals surface area contributed by atoms with Gasteiger partial charge in [0, 0.05) is 17.3 Å². The number of hydrogen-bond donors (Lipinski definition) is 2. The van der Waals surface area contributed by atoms with Crippen molar-refractivity contribution in [3.05, 3.63) is 29.3 Å². The van der Waals surface area contributed by atoms with Crippen LogP contribution in [0.3, 0.4) is 0 Å². The summed E-state index contributed by atoms with van der Waals surface area (Å²) in [4.78, 5) is 23.0. The summed E-state index contributed by atoms with van der Waals surface area (Å²) in [6.07, 6.45) is -0.0678. The molecule has 6 heteroatoms. The van der Waals surface area contributed by atoms with Gasteiger partial charge < -0.3 is 10.1 Å². The number of rotatable bonds is 2. The van der Waals surface area contributed by atoms with Crippen LogP contribution < -0.4 is 10.6 Å². The second-order valence-electron chi connectivity index (χ2n) is 4.03. The highest BCUT2D eigenvalue weighted by Crippen LogP contribution is 2.14. The molecule has 0 aromatic heterocycles. The fourth-order valence-electron chi connectivity index (χ4n) is 1.71. The van der Waals surface area contributed by atoms with Crippen molar-refractivity contribution in [2.45, 2.75) is 6.42 Å². The molecule has 1 heterocycles. The first kappa shape index (κ1) is 12.9. The molecule has 1 aliphatic heterocycles. The Morgan fingerprint density at radius 1 is 1.33 bits per heavy atom. The largest absolute Gasteiger partial charge is 0.419 e. The van der Waals surface area contributed by atoms with E-state index in [1.54, 1.807) is 24.3 Å². The molecule has 96 valence electrons. The van der Waals surface area contributed by atoms with Crippen molar-refractivity contribution >= 4 is 29.4 Å². The first-order valence-electron chi connectivity index (χ1n) is 5.64. The summed E-state index contributed by atoms with van der Waals surface area (Å²) in [5, 5.41) is 6.07. The first-order valence-corrected chi connectivity index (χ1v) is 6.02. The molecule has 1 aromatic carbocycles. The van der Waals surface area contributed by atoms with Crippen LogP contribution in [0.25, 0.3) is 0 Å². The molecule has 1 aromatic rings. The van der Waals surface area contributed by atoms with Gasteiger partial charge in [0.05, 0.1) is 5.92 Å². The van der Waals surface area contributed by atoms with Gasteiger partial charge in [0.2, 0.25) is 0 Å². The zero-order valence-electron chi connectivity index (χ0n) is 9.61. The number of anilines is 1. The number of carbonyl (C=O) groups excluding carboxylic acids is 2. The average molecular weight is 269 g/mol. The lowest BCUT2D eigenvalue weighted by molar-refractivity contribution is -0.140. The molecule has 2 N–H and O–H groups in total. The van der Waals surface area contributed by atoms with Gasteiger partial charge in [-0.05, 0) is 37.2 Å². The number of benzene rings is 1. The smallest absolute Gasteiger partial charge is 0.376 e. The zero-order chi connectivity index (χ0) is 13.0. The molecule has 1 atom stereocenters. The van der Waals surface area contributed by atoms with E-state index >= 15 is 0 Å². The summed E-state index contributed by atoms with van der Waals surface area (Å²) >= 11 is 5.71. The van der Waals surface area contributed by atoms with Gasteiger partial charge in [-0.1, -0.05) is 11.6 Å². The molecule has 1 aliphatic rings. The molecule has 0 radical (unpaired) electrons. The second kappa shape index (κ2) is 5.84. The standard InChI is InChI=1S/C12H13ClN2O3/c13-9-1-3-10(4-2-9)15-12(17)18-11(16)8-5-6-14-7-8/h1-4,8,14H,5-7H2,(H,15,17). The summed E-state index contributed by atoms with van der Waals surface area (Å²) in [5.74, 6) is -0.729. The third-order valence-electron chi connectivity index (χ3n) is 2.68. The Labute approximate surface area is 109 Å². The van der Waals surface area contributed by atoms with E-state index in [1.165, 1.54) is 0 Å². The minimum Gasteiger partial charge on any atom is -0.376 e. The second-order valence-corrected chi connectivity index (χ2v) is 4.47. The normalized spacial score (nSPS) is 18.4. The van der Waals surface area contributed by atoms with Crippen LogP contribution in [0.1, 0.15) is 6.42 Å². The predicted molar refractivity (Wildman–Crippen MR) is 67.5 cm³/mol. The van der Waals surface area contributed by atoms with Crippen LogP contribution in [0.2, 0.25) is 5.02 Å². The van der Waals surface area contributed by atoms with Crippen LogP contribution in [0.5, 0.6) is 0 Å². The molecule has 1 fully saturated rings. The van der Waals surface area contributed by atoms with Gasteiger partial charge in [-0.3, -0.25) is 10.1 Å². The van der Waals surface area contributed by atoms with Crippen LogP contribution in [-0.4, -0.2) is 25.2 Å². The van der Waals surface area contributed by atoms with Gasteiger partial charge in [0.25, 0.3) is 0 Å². The molecular weight excluding hydrogens is 256 g/mol. The number of esters is 1. The Bertz CT molecular complexity index is 441. The van der Waals surface area contributed by atoms with Gasteiger partial charge in [-0.15, -0.1) is 0 Å². The quantitative estimate of drug-likeness (QED) is 0.636. The average Bonchev–Trinajstić information content (AvgIpc) is 2.85. The van der Waals surface area contributed by atoms with Crippen LogP contribution in [0, 0.1) is 5.92 Å². The van der Waals surface area contributed by atoms with Crippen LogP contribution in [0.4, 0.5) is 10.5 Å². The maximum atomic E-state index is 11.6. The number of amides is 1. The maximum absolute atomic E-state index is 11.6. The number of ether oxygens (including phenoxy) is 1. The van der Waals surface area contributed by atoms with E-state index in [0.29, 0.717) is 23.7 Å². The third-order valence-corrected chi connectivity index (χ3v) is 2.93. The highest BCUT2D eigenvalue weighted by Gasteiger charge is 2.25. The molecule has 1 saturated heterocycles. The summed E-state index contributed by atoms with van der Waals surface area (Å²) in [6.45, 7) is 1.34. The molecule has 0 spiro atoms. The molecule has 0 saturated carbocycles. The zero-order valence-corrected chi connectivity index (χ0v) is 10.4. The Balaban J connectivity index is 1.84. The number of halogens is 1. The van der Waals surface area contributed by atoms with Gasteiger partial charge in [-0.25, -0.2) is 4.79 Å². The van der Waals surface area contributed by atoms with Gasteiger partial charge in [0.15, 0.2) is 0 Å². The van der Waals surface area contributed by atoms with E-state index in [2.05, 4.69) is 10.6 Å². The fraction of sp³-hybridized carbons (Fsp3) is 0.333. The molecular formula is C12H13ClN2O3. The van der Waals surface area contributed by atoms with Crippen molar-refractivity contribution in [1.82, 2.24) is 5.32 Å². The van der Waals surface area contributed by atoms with Crippen LogP contribution in [0.15, 0.2) is 24.3 Å². The lowest BCUT2D eigenvalue weighted by atomic mass is 10.1. The predicted octanol–water partition coefficient (Wildman–Crippen LogP) is 2.02. The summed E-state index contributed by atoms with van der Waals surface area (Å²) in [6, 6.07) is 6.54. The third kappa shape index (κ3) is 3.45. The lowest BCUT2D eigenvalue weighted by Gasteiger charge is -2.08. The van der Waals surface area contributed by atoms with E-state index in [9.17, 15) is 9.59 Å².